The van der Waals surface area contributed by atoms with Crippen molar-refractivity contribution in [1.29, 1.82) is 0 Å². The van der Waals surface area contributed by atoms with Gasteiger partial charge in [-0.25, -0.2) is 0 Å². The summed E-state index contributed by atoms with van der Waals surface area (Å²) in [6.45, 7) is 10.7. The van der Waals surface area contributed by atoms with Crippen LogP contribution in [0.15, 0.2) is 4.99 Å². The first-order valence-corrected chi connectivity index (χ1v) is 9.00. The number of ether oxygens (including phenoxy) is 1. The number of nitrogens with one attached hydrogen (secondary N) is 2. The minimum absolute atomic E-state index is 0.829. The lowest BCUT2D eigenvalue weighted by Crippen LogP contribution is -2.45. The van der Waals surface area contributed by atoms with Crippen LogP contribution in [0.2, 0.25) is 0 Å². The van der Waals surface area contributed by atoms with Crippen LogP contribution in [0, 0.1) is 5.92 Å². The van der Waals surface area contributed by atoms with Crippen molar-refractivity contribution in [3.8, 4) is 0 Å². The highest BCUT2D eigenvalue weighted by Crippen LogP contribution is 2.14. The van der Waals surface area contributed by atoms with Crippen LogP contribution in [-0.4, -0.2) is 89.4 Å². The van der Waals surface area contributed by atoms with Crippen molar-refractivity contribution in [3.05, 3.63) is 0 Å². The molecule has 1 aliphatic rings. The summed E-state index contributed by atoms with van der Waals surface area (Å²) in [6, 6.07) is 0. The Kier molecular flexibility index (Phi) is 11.0. The van der Waals surface area contributed by atoms with Crippen LogP contribution in [0.25, 0.3) is 0 Å². The van der Waals surface area contributed by atoms with Crippen LogP contribution in [-0.2, 0) is 4.74 Å². The van der Waals surface area contributed by atoms with Crippen molar-refractivity contribution in [2.24, 2.45) is 10.9 Å². The monoisotopic (exact) mass is 327 g/mol. The van der Waals surface area contributed by atoms with Crippen molar-refractivity contribution < 1.29 is 4.74 Å². The maximum atomic E-state index is 5.08. The lowest BCUT2D eigenvalue weighted by molar-refractivity contribution is 0.180. The van der Waals surface area contributed by atoms with Gasteiger partial charge in [-0.15, -0.1) is 0 Å². The average Bonchev–Trinajstić information content (AvgIpc) is 2.53. The number of hydrogen-bond donors (Lipinski definition) is 2. The van der Waals surface area contributed by atoms with Gasteiger partial charge < -0.3 is 25.2 Å². The predicted octanol–water partition coefficient (Wildman–Crippen LogP) is 0.852. The molecule has 6 nitrogen and oxygen atoms in total. The summed E-state index contributed by atoms with van der Waals surface area (Å²) < 4.78 is 5.08. The zero-order valence-electron chi connectivity index (χ0n) is 15.6. The summed E-state index contributed by atoms with van der Waals surface area (Å²) in [4.78, 5) is 9.16. The molecule has 0 saturated carbocycles. The second-order valence-corrected chi connectivity index (χ2v) is 6.62. The molecule has 1 rings (SSSR count). The van der Waals surface area contributed by atoms with E-state index in [1.165, 1.54) is 25.9 Å². The Bertz CT molecular complexity index is 324. The summed E-state index contributed by atoms with van der Waals surface area (Å²) in [5.74, 6) is 1.75. The predicted molar refractivity (Wildman–Crippen MR) is 98.2 cm³/mol. The molecule has 0 aromatic rings. The van der Waals surface area contributed by atoms with E-state index >= 15 is 0 Å². The third-order valence-electron chi connectivity index (χ3n) is 4.36. The third-order valence-corrected chi connectivity index (χ3v) is 4.36. The Labute approximate surface area is 142 Å². The Morgan fingerprint density at radius 2 is 2.09 bits per heavy atom. The average molecular weight is 328 g/mol. The minimum Gasteiger partial charge on any atom is -0.385 e. The summed E-state index contributed by atoms with van der Waals surface area (Å²) in [5.41, 5.74) is 0. The Morgan fingerprint density at radius 3 is 2.78 bits per heavy atom. The van der Waals surface area contributed by atoms with Crippen molar-refractivity contribution >= 4 is 5.96 Å². The number of piperidine rings is 1. The van der Waals surface area contributed by atoms with Gasteiger partial charge in [0.1, 0.15) is 0 Å². The Morgan fingerprint density at radius 1 is 1.30 bits per heavy atom. The van der Waals surface area contributed by atoms with E-state index in [1.807, 2.05) is 7.05 Å². The number of nitrogens with zero attached hydrogens (tertiary/aromatic N) is 3. The molecule has 1 saturated heterocycles. The van der Waals surface area contributed by atoms with E-state index in [1.54, 1.807) is 7.11 Å². The number of hydrogen-bond acceptors (Lipinski definition) is 4. The molecule has 1 atom stereocenters. The lowest BCUT2D eigenvalue weighted by Gasteiger charge is -2.30. The highest BCUT2D eigenvalue weighted by Gasteiger charge is 2.15. The summed E-state index contributed by atoms with van der Waals surface area (Å²) in [7, 11) is 5.73. The topological polar surface area (TPSA) is 52.1 Å². The molecular formula is C17H37N5O. The highest BCUT2D eigenvalue weighted by atomic mass is 16.5. The Balaban J connectivity index is 2.07. The first-order valence-electron chi connectivity index (χ1n) is 9.00. The summed E-state index contributed by atoms with van der Waals surface area (Å²) in [5, 5.41) is 6.80. The summed E-state index contributed by atoms with van der Waals surface area (Å²) in [6.07, 6.45) is 3.79. The van der Waals surface area contributed by atoms with Gasteiger partial charge in [-0.1, -0.05) is 6.92 Å². The molecule has 0 spiro atoms. The van der Waals surface area contributed by atoms with Crippen LogP contribution < -0.4 is 10.6 Å². The third kappa shape index (κ3) is 9.79. The normalized spacial score (nSPS) is 20.0. The van der Waals surface area contributed by atoms with Gasteiger partial charge in [0.15, 0.2) is 5.96 Å². The lowest BCUT2D eigenvalue weighted by atomic mass is 10.0. The highest BCUT2D eigenvalue weighted by molar-refractivity contribution is 5.79. The van der Waals surface area contributed by atoms with E-state index in [0.717, 1.165) is 57.6 Å². The largest absolute Gasteiger partial charge is 0.385 e. The molecule has 0 amide bonds. The van der Waals surface area contributed by atoms with Crippen LogP contribution in [0.5, 0.6) is 0 Å². The molecule has 0 aromatic carbocycles. The van der Waals surface area contributed by atoms with E-state index in [-0.39, 0.29) is 0 Å². The smallest absolute Gasteiger partial charge is 0.191 e. The number of likely N-dealkylation sites (N-methyl/N-ethyl adjacent to an activating group) is 1. The molecule has 0 aliphatic carbocycles. The van der Waals surface area contributed by atoms with Crippen molar-refractivity contribution in [2.45, 2.75) is 26.2 Å². The van der Waals surface area contributed by atoms with Crippen LogP contribution in [0.4, 0.5) is 0 Å². The fourth-order valence-electron chi connectivity index (χ4n) is 3.00. The first kappa shape index (κ1) is 20.2. The fourth-order valence-corrected chi connectivity index (χ4v) is 3.00. The van der Waals surface area contributed by atoms with Crippen LogP contribution >= 0.6 is 0 Å². The number of methoxy groups -OCH3 is 1. The molecule has 0 aromatic heterocycles. The summed E-state index contributed by atoms with van der Waals surface area (Å²) >= 11 is 0. The van der Waals surface area contributed by atoms with Gasteiger partial charge in [0.25, 0.3) is 0 Å². The fraction of sp³-hybridized carbons (Fsp3) is 0.941. The number of guanidine groups is 1. The van der Waals surface area contributed by atoms with Gasteiger partial charge in [-0.05, 0) is 38.8 Å². The van der Waals surface area contributed by atoms with Gasteiger partial charge in [0.05, 0.1) is 0 Å². The number of likely N-dealkylation sites (tertiary alicyclic amines) is 1. The molecular weight excluding hydrogens is 290 g/mol. The molecule has 1 fully saturated rings. The molecule has 23 heavy (non-hydrogen) atoms. The molecule has 0 radical (unpaired) electrons. The van der Waals surface area contributed by atoms with Gasteiger partial charge in [-0.3, -0.25) is 4.99 Å². The Hall–Kier alpha value is -0.850. The van der Waals surface area contributed by atoms with E-state index in [0.29, 0.717) is 0 Å². The van der Waals surface area contributed by atoms with Crippen molar-refractivity contribution in [2.75, 3.05) is 73.6 Å². The van der Waals surface area contributed by atoms with Crippen LogP contribution in [0.3, 0.4) is 0 Å². The van der Waals surface area contributed by atoms with Gasteiger partial charge in [0.2, 0.25) is 0 Å². The number of aliphatic imine (C=N–C) groups is 1. The molecule has 1 aliphatic heterocycles. The molecule has 1 unspecified atom stereocenters. The molecule has 136 valence electrons. The standard InChI is InChI=1S/C17H37N5O/c1-16-7-5-11-22(15-16)13-9-20-17(18-2)19-8-12-21(3)10-6-14-23-4/h16H,5-15H2,1-4H3,(H2,18,19,20). The second-order valence-electron chi connectivity index (χ2n) is 6.62. The van der Waals surface area contributed by atoms with Gasteiger partial charge in [-0.2, -0.15) is 0 Å². The van der Waals surface area contributed by atoms with Crippen molar-refractivity contribution in [1.82, 2.24) is 20.4 Å². The molecule has 1 heterocycles. The molecule has 6 heteroatoms. The maximum absolute atomic E-state index is 5.08. The van der Waals surface area contributed by atoms with Crippen molar-refractivity contribution in [3.63, 3.8) is 0 Å². The minimum atomic E-state index is 0.829. The van der Waals surface area contributed by atoms with Gasteiger partial charge in [0, 0.05) is 60.0 Å². The number of rotatable bonds is 10. The maximum Gasteiger partial charge on any atom is 0.191 e. The van der Waals surface area contributed by atoms with E-state index in [2.05, 4.69) is 39.4 Å². The second kappa shape index (κ2) is 12.6. The zero-order valence-corrected chi connectivity index (χ0v) is 15.6. The van der Waals surface area contributed by atoms with Gasteiger partial charge >= 0.3 is 0 Å². The van der Waals surface area contributed by atoms with E-state index in [9.17, 15) is 0 Å². The SMILES string of the molecule is CN=C(NCCN(C)CCCOC)NCCN1CCCC(C)C1. The van der Waals surface area contributed by atoms with E-state index < -0.39 is 0 Å². The first-order chi connectivity index (χ1) is 11.2. The molecule has 2 N–H and O–H groups in total. The quantitative estimate of drug-likeness (QED) is 0.354. The zero-order chi connectivity index (χ0) is 16.9. The van der Waals surface area contributed by atoms with E-state index in [4.69, 9.17) is 4.74 Å². The molecule has 0 bridgehead atoms. The van der Waals surface area contributed by atoms with Crippen LogP contribution in [0.1, 0.15) is 26.2 Å².